The first kappa shape index (κ1) is 15.0. The van der Waals surface area contributed by atoms with Crippen LogP contribution in [0.2, 0.25) is 0 Å². The van der Waals surface area contributed by atoms with Crippen molar-refractivity contribution in [1.29, 1.82) is 0 Å². The SMILES string of the molecule is Cc1nc2c(N3CC[C@](O)(c4ccccc4)[C@@H](O)C3)ncnc2o1. The molecule has 4 rings (SSSR count). The van der Waals surface area contributed by atoms with E-state index in [2.05, 4.69) is 15.0 Å². The van der Waals surface area contributed by atoms with Crippen molar-refractivity contribution in [1.82, 2.24) is 15.0 Å². The molecule has 2 aromatic heterocycles. The van der Waals surface area contributed by atoms with Gasteiger partial charge < -0.3 is 19.5 Å². The Morgan fingerprint density at radius 1 is 1.25 bits per heavy atom. The molecule has 124 valence electrons. The highest BCUT2D eigenvalue weighted by Gasteiger charge is 2.42. The van der Waals surface area contributed by atoms with Crippen LogP contribution >= 0.6 is 0 Å². The summed E-state index contributed by atoms with van der Waals surface area (Å²) < 4.78 is 5.44. The summed E-state index contributed by atoms with van der Waals surface area (Å²) in [5.41, 5.74) is 0.467. The summed E-state index contributed by atoms with van der Waals surface area (Å²) in [6, 6.07) is 9.28. The minimum Gasteiger partial charge on any atom is -0.422 e. The van der Waals surface area contributed by atoms with Crippen LogP contribution in [0.15, 0.2) is 41.1 Å². The number of oxazole rings is 1. The number of hydrogen-bond donors (Lipinski definition) is 2. The molecule has 0 amide bonds. The average Bonchev–Trinajstić information content (AvgIpc) is 2.98. The van der Waals surface area contributed by atoms with Crippen molar-refractivity contribution in [2.75, 3.05) is 18.0 Å². The van der Waals surface area contributed by atoms with Gasteiger partial charge in [0.05, 0.1) is 0 Å². The Hall–Kier alpha value is -2.51. The third-order valence-electron chi connectivity index (χ3n) is 4.56. The third kappa shape index (κ3) is 2.33. The number of nitrogens with zero attached hydrogens (tertiary/aromatic N) is 4. The number of aryl methyl sites for hydroxylation is 1. The first-order chi connectivity index (χ1) is 11.6. The molecule has 0 aliphatic carbocycles. The number of β-amino-alcohol motifs (C(OH)–C–C–N with tert-alkyl or cyclic N) is 1. The van der Waals surface area contributed by atoms with Crippen LogP contribution in [0.1, 0.15) is 17.9 Å². The first-order valence-electron chi connectivity index (χ1n) is 7.87. The molecule has 1 aliphatic rings. The lowest BCUT2D eigenvalue weighted by Gasteiger charge is -2.42. The van der Waals surface area contributed by atoms with Crippen molar-refractivity contribution in [2.45, 2.75) is 25.0 Å². The van der Waals surface area contributed by atoms with Gasteiger partial charge in [-0.15, -0.1) is 0 Å². The van der Waals surface area contributed by atoms with E-state index in [0.29, 0.717) is 35.9 Å². The van der Waals surface area contributed by atoms with E-state index in [9.17, 15) is 10.2 Å². The van der Waals surface area contributed by atoms with Gasteiger partial charge in [0.2, 0.25) is 0 Å². The van der Waals surface area contributed by atoms with Crippen LogP contribution in [0.3, 0.4) is 0 Å². The molecule has 0 radical (unpaired) electrons. The Kier molecular flexibility index (Phi) is 3.47. The summed E-state index contributed by atoms with van der Waals surface area (Å²) in [6.45, 7) is 2.55. The summed E-state index contributed by atoms with van der Waals surface area (Å²) in [7, 11) is 0. The third-order valence-corrected chi connectivity index (χ3v) is 4.56. The van der Waals surface area contributed by atoms with Crippen molar-refractivity contribution in [3.63, 3.8) is 0 Å². The van der Waals surface area contributed by atoms with Gasteiger partial charge in [-0.05, 0) is 5.56 Å². The van der Waals surface area contributed by atoms with Gasteiger partial charge in [0, 0.05) is 26.4 Å². The summed E-state index contributed by atoms with van der Waals surface area (Å²) in [5, 5.41) is 21.6. The van der Waals surface area contributed by atoms with E-state index in [4.69, 9.17) is 4.42 Å². The lowest BCUT2D eigenvalue weighted by atomic mass is 9.82. The molecule has 0 bridgehead atoms. The molecule has 1 saturated heterocycles. The first-order valence-corrected chi connectivity index (χ1v) is 7.87. The molecule has 3 aromatic rings. The van der Waals surface area contributed by atoms with Crippen molar-refractivity contribution in [3.05, 3.63) is 48.1 Å². The molecular weight excluding hydrogens is 308 g/mol. The smallest absolute Gasteiger partial charge is 0.252 e. The topological polar surface area (TPSA) is 95.5 Å². The van der Waals surface area contributed by atoms with Crippen molar-refractivity contribution in [3.8, 4) is 0 Å². The van der Waals surface area contributed by atoms with E-state index in [-0.39, 0.29) is 6.54 Å². The van der Waals surface area contributed by atoms with Crippen LogP contribution in [-0.4, -0.2) is 44.4 Å². The second-order valence-electron chi connectivity index (χ2n) is 6.09. The molecular formula is C17H18N4O3. The predicted molar refractivity (Wildman–Crippen MR) is 87.5 cm³/mol. The van der Waals surface area contributed by atoms with Gasteiger partial charge in [0.15, 0.2) is 17.2 Å². The number of aliphatic hydroxyl groups is 2. The number of fused-ring (bicyclic) bond motifs is 1. The number of benzene rings is 1. The molecule has 0 spiro atoms. The quantitative estimate of drug-likeness (QED) is 0.734. The van der Waals surface area contributed by atoms with Crippen molar-refractivity contribution in [2.24, 2.45) is 0 Å². The fraction of sp³-hybridized carbons (Fsp3) is 0.353. The largest absolute Gasteiger partial charge is 0.422 e. The van der Waals surface area contributed by atoms with Crippen LogP contribution in [0.25, 0.3) is 11.2 Å². The standard InChI is InChI=1S/C17H18N4O3/c1-11-20-14-15(18-10-19-16(14)24-11)21-8-7-17(23,13(22)9-21)12-5-3-2-4-6-12/h2-6,10,13,22-23H,7-9H2,1H3/t13-,17-/m0/s1. The molecule has 24 heavy (non-hydrogen) atoms. The van der Waals surface area contributed by atoms with E-state index in [1.807, 2.05) is 35.2 Å². The van der Waals surface area contributed by atoms with Crippen LogP contribution in [0, 0.1) is 6.92 Å². The highest BCUT2D eigenvalue weighted by Crippen LogP contribution is 2.35. The van der Waals surface area contributed by atoms with Crippen molar-refractivity contribution >= 4 is 17.0 Å². The zero-order chi connectivity index (χ0) is 16.7. The van der Waals surface area contributed by atoms with Gasteiger partial charge in [-0.3, -0.25) is 0 Å². The van der Waals surface area contributed by atoms with E-state index in [1.54, 1.807) is 6.92 Å². The number of aliphatic hydroxyl groups excluding tert-OH is 1. The summed E-state index contributed by atoms with van der Waals surface area (Å²) in [6.07, 6.45) is 0.874. The van der Waals surface area contributed by atoms with Crippen molar-refractivity contribution < 1.29 is 14.6 Å². The lowest BCUT2D eigenvalue weighted by molar-refractivity contribution is -0.0918. The van der Waals surface area contributed by atoms with Gasteiger partial charge in [0.25, 0.3) is 5.71 Å². The number of hydrogen-bond acceptors (Lipinski definition) is 7. The highest BCUT2D eigenvalue weighted by atomic mass is 16.4. The maximum Gasteiger partial charge on any atom is 0.252 e. The molecule has 1 aliphatic heterocycles. The Balaban J connectivity index is 1.65. The maximum atomic E-state index is 10.9. The zero-order valence-electron chi connectivity index (χ0n) is 13.3. The Labute approximate surface area is 138 Å². The number of anilines is 1. The summed E-state index contributed by atoms with van der Waals surface area (Å²) in [4.78, 5) is 14.6. The average molecular weight is 326 g/mol. The van der Waals surface area contributed by atoms with Crippen LogP contribution in [-0.2, 0) is 5.60 Å². The van der Waals surface area contributed by atoms with E-state index >= 15 is 0 Å². The second kappa shape index (κ2) is 5.54. The molecule has 0 saturated carbocycles. The van der Waals surface area contributed by atoms with Gasteiger partial charge >= 0.3 is 0 Å². The number of piperidine rings is 1. The number of aromatic nitrogens is 3. The minimum atomic E-state index is -1.26. The molecule has 7 nitrogen and oxygen atoms in total. The molecule has 1 fully saturated rings. The monoisotopic (exact) mass is 326 g/mol. The Morgan fingerprint density at radius 2 is 2.04 bits per heavy atom. The van der Waals surface area contributed by atoms with Gasteiger partial charge in [0.1, 0.15) is 18.0 Å². The molecule has 1 aromatic carbocycles. The van der Waals surface area contributed by atoms with E-state index in [1.165, 1.54) is 6.33 Å². The van der Waals surface area contributed by atoms with E-state index in [0.717, 1.165) is 5.56 Å². The summed E-state index contributed by atoms with van der Waals surface area (Å²) >= 11 is 0. The Morgan fingerprint density at radius 3 is 2.79 bits per heavy atom. The fourth-order valence-electron chi connectivity index (χ4n) is 3.26. The Bertz CT molecular complexity index is 867. The fourth-order valence-corrected chi connectivity index (χ4v) is 3.26. The predicted octanol–water partition coefficient (Wildman–Crippen LogP) is 1.39. The molecule has 3 heterocycles. The van der Waals surface area contributed by atoms with Crippen LogP contribution in [0.4, 0.5) is 5.82 Å². The number of rotatable bonds is 2. The van der Waals surface area contributed by atoms with Crippen LogP contribution in [0.5, 0.6) is 0 Å². The zero-order valence-corrected chi connectivity index (χ0v) is 13.3. The van der Waals surface area contributed by atoms with Gasteiger partial charge in [-0.2, -0.15) is 4.98 Å². The van der Waals surface area contributed by atoms with Crippen LogP contribution < -0.4 is 4.90 Å². The molecule has 7 heteroatoms. The molecule has 2 atom stereocenters. The van der Waals surface area contributed by atoms with Gasteiger partial charge in [-0.25, -0.2) is 9.97 Å². The minimum absolute atomic E-state index is 0.253. The normalized spacial score (nSPS) is 24.5. The summed E-state index contributed by atoms with van der Waals surface area (Å²) in [5.74, 6) is 1.14. The maximum absolute atomic E-state index is 10.9. The lowest BCUT2D eigenvalue weighted by Crippen LogP contribution is -2.54. The van der Waals surface area contributed by atoms with Gasteiger partial charge in [-0.1, -0.05) is 30.3 Å². The second-order valence-corrected chi connectivity index (χ2v) is 6.09. The molecule has 2 N–H and O–H groups in total. The molecule has 0 unspecified atom stereocenters. The van der Waals surface area contributed by atoms with E-state index < -0.39 is 11.7 Å². The highest BCUT2D eigenvalue weighted by molar-refractivity contribution is 5.81.